The van der Waals surface area contributed by atoms with Gasteiger partial charge in [-0.1, -0.05) is 92.9 Å². The van der Waals surface area contributed by atoms with Crippen molar-refractivity contribution in [1.29, 1.82) is 0 Å². The third-order valence-electron chi connectivity index (χ3n) is 6.42. The summed E-state index contributed by atoms with van der Waals surface area (Å²) in [7, 11) is 1.37. The quantitative estimate of drug-likeness (QED) is 0.270. The Kier molecular flexibility index (Phi) is 4.51. The summed E-state index contributed by atoms with van der Waals surface area (Å²) < 4.78 is 5.54. The summed E-state index contributed by atoms with van der Waals surface area (Å²) in [6.07, 6.45) is 2.18. The topological polar surface area (TPSA) is 9.23 Å². The fraction of sp³-hybridized carbons (Fsp3) is 0.103. The molecule has 1 aliphatic rings. The van der Waals surface area contributed by atoms with Gasteiger partial charge < -0.3 is 4.74 Å². The predicted octanol–water partition coefficient (Wildman–Crippen LogP) is 7.49. The molecular formula is C29H23OP. The van der Waals surface area contributed by atoms with Crippen LogP contribution in [0.4, 0.5) is 0 Å². The standard InChI is InChI=1S/C29H23OP/c1-30-24-9-6-10-25(17-24)31-18-22-15-13-20-7-2-4-11-26(20)28(22)29-23(19-31)16-14-21-8-3-5-12-27(21)29/h2-17H,18-19H2,1H3. The van der Waals surface area contributed by atoms with E-state index >= 15 is 0 Å². The van der Waals surface area contributed by atoms with Crippen molar-refractivity contribution in [2.75, 3.05) is 7.11 Å². The van der Waals surface area contributed by atoms with Crippen molar-refractivity contribution < 1.29 is 4.74 Å². The molecule has 0 aromatic heterocycles. The summed E-state index contributed by atoms with van der Waals surface area (Å²) in [6, 6.07) is 35.7. The van der Waals surface area contributed by atoms with Crippen LogP contribution in [0, 0.1) is 0 Å². The second-order valence-electron chi connectivity index (χ2n) is 8.20. The van der Waals surface area contributed by atoms with E-state index in [1.54, 1.807) is 7.11 Å². The van der Waals surface area contributed by atoms with Gasteiger partial charge in [0, 0.05) is 0 Å². The van der Waals surface area contributed by atoms with Crippen LogP contribution < -0.4 is 10.0 Å². The van der Waals surface area contributed by atoms with Gasteiger partial charge in [0.1, 0.15) is 5.75 Å². The SMILES string of the molecule is COc1cccc(P2Cc3ccc4ccccc4c3-c3c(ccc4ccccc34)C2)c1. The van der Waals surface area contributed by atoms with Crippen LogP contribution >= 0.6 is 7.92 Å². The Balaban J connectivity index is 1.67. The van der Waals surface area contributed by atoms with Crippen molar-refractivity contribution in [3.8, 4) is 16.9 Å². The zero-order valence-electron chi connectivity index (χ0n) is 17.5. The normalized spacial score (nSPS) is 13.6. The molecule has 0 unspecified atom stereocenters. The minimum atomic E-state index is -0.379. The lowest BCUT2D eigenvalue weighted by atomic mass is 9.88. The van der Waals surface area contributed by atoms with Gasteiger partial charge in [0.05, 0.1) is 7.11 Å². The fourth-order valence-corrected chi connectivity index (χ4v) is 7.38. The van der Waals surface area contributed by atoms with Gasteiger partial charge in [-0.15, -0.1) is 0 Å². The van der Waals surface area contributed by atoms with Gasteiger partial charge in [0.25, 0.3) is 0 Å². The highest BCUT2D eigenvalue weighted by Gasteiger charge is 2.25. The van der Waals surface area contributed by atoms with Crippen LogP contribution in [0.5, 0.6) is 5.75 Å². The molecule has 6 rings (SSSR count). The maximum absolute atomic E-state index is 5.54. The first-order valence-corrected chi connectivity index (χ1v) is 12.4. The molecule has 0 fully saturated rings. The average Bonchev–Trinajstić information content (AvgIpc) is 3.01. The van der Waals surface area contributed by atoms with Gasteiger partial charge >= 0.3 is 0 Å². The number of fused-ring (bicyclic) bond motifs is 7. The van der Waals surface area contributed by atoms with Crippen molar-refractivity contribution in [2.24, 2.45) is 0 Å². The molecule has 31 heavy (non-hydrogen) atoms. The van der Waals surface area contributed by atoms with Crippen molar-refractivity contribution in [1.82, 2.24) is 0 Å². The van der Waals surface area contributed by atoms with Crippen molar-refractivity contribution in [3.63, 3.8) is 0 Å². The van der Waals surface area contributed by atoms with Crippen LogP contribution in [0.1, 0.15) is 11.1 Å². The lowest BCUT2D eigenvalue weighted by Gasteiger charge is -2.18. The molecule has 5 aromatic rings. The largest absolute Gasteiger partial charge is 0.497 e. The third kappa shape index (κ3) is 3.12. The summed E-state index contributed by atoms with van der Waals surface area (Å²) in [5.41, 5.74) is 5.78. The maximum atomic E-state index is 5.54. The van der Waals surface area contributed by atoms with E-state index in [2.05, 4.69) is 91.0 Å². The first-order valence-electron chi connectivity index (χ1n) is 10.7. The van der Waals surface area contributed by atoms with Gasteiger partial charge in [-0.05, 0) is 73.6 Å². The molecule has 0 saturated heterocycles. The third-order valence-corrected chi connectivity index (χ3v) is 8.87. The molecule has 0 N–H and O–H groups in total. The van der Waals surface area contributed by atoms with Crippen LogP contribution in [0.2, 0.25) is 0 Å². The van der Waals surface area contributed by atoms with Gasteiger partial charge in [0.2, 0.25) is 0 Å². The molecule has 0 spiro atoms. The second kappa shape index (κ2) is 7.52. The summed E-state index contributed by atoms with van der Waals surface area (Å²) in [5.74, 6) is 0.946. The minimum absolute atomic E-state index is 0.379. The van der Waals surface area contributed by atoms with E-state index in [1.807, 2.05) is 6.07 Å². The minimum Gasteiger partial charge on any atom is -0.497 e. The number of benzene rings is 5. The lowest BCUT2D eigenvalue weighted by Crippen LogP contribution is -2.04. The van der Waals surface area contributed by atoms with E-state index in [9.17, 15) is 0 Å². The lowest BCUT2D eigenvalue weighted by molar-refractivity contribution is 0.415. The van der Waals surface area contributed by atoms with Gasteiger partial charge in [-0.25, -0.2) is 0 Å². The Bertz CT molecular complexity index is 1350. The van der Waals surface area contributed by atoms with E-state index < -0.39 is 0 Å². The zero-order chi connectivity index (χ0) is 20.8. The molecule has 0 bridgehead atoms. The van der Waals surface area contributed by atoms with Crippen LogP contribution in [0.3, 0.4) is 0 Å². The molecule has 1 heterocycles. The smallest absolute Gasteiger partial charge is 0.119 e. The monoisotopic (exact) mass is 418 g/mol. The Labute approximate surface area is 184 Å². The molecule has 0 aliphatic carbocycles. The van der Waals surface area contributed by atoms with Crippen molar-refractivity contribution in [3.05, 3.63) is 108 Å². The van der Waals surface area contributed by atoms with Gasteiger partial charge in [0.15, 0.2) is 0 Å². The van der Waals surface area contributed by atoms with Crippen molar-refractivity contribution >= 4 is 34.8 Å². The Morgan fingerprint density at radius 2 is 1.19 bits per heavy atom. The summed E-state index contributed by atoms with van der Waals surface area (Å²) in [6.45, 7) is 0. The predicted molar refractivity (Wildman–Crippen MR) is 134 cm³/mol. The molecule has 1 aliphatic heterocycles. The van der Waals surface area contributed by atoms with Crippen molar-refractivity contribution in [2.45, 2.75) is 12.3 Å². The molecule has 2 heteroatoms. The van der Waals surface area contributed by atoms with Crippen LogP contribution in [-0.2, 0) is 12.3 Å². The first-order chi connectivity index (χ1) is 15.3. The molecule has 0 radical (unpaired) electrons. The molecule has 150 valence electrons. The number of methoxy groups -OCH3 is 1. The number of hydrogen-bond donors (Lipinski definition) is 0. The summed E-state index contributed by atoms with van der Waals surface area (Å²) >= 11 is 0. The van der Waals surface area contributed by atoms with E-state index in [-0.39, 0.29) is 7.92 Å². The molecule has 0 atom stereocenters. The molecule has 0 saturated carbocycles. The average molecular weight is 418 g/mol. The molecule has 0 amide bonds. The van der Waals surface area contributed by atoms with E-state index in [1.165, 1.54) is 49.1 Å². The van der Waals surface area contributed by atoms with Crippen LogP contribution in [0.15, 0.2) is 97.1 Å². The fourth-order valence-electron chi connectivity index (χ4n) is 4.94. The highest BCUT2D eigenvalue weighted by Crippen LogP contribution is 2.52. The van der Waals surface area contributed by atoms with Gasteiger partial charge in [-0.3, -0.25) is 0 Å². The first kappa shape index (κ1) is 18.6. The highest BCUT2D eigenvalue weighted by molar-refractivity contribution is 7.64. The van der Waals surface area contributed by atoms with E-state index in [4.69, 9.17) is 4.74 Å². The Morgan fingerprint density at radius 3 is 1.77 bits per heavy atom. The summed E-state index contributed by atoms with van der Waals surface area (Å²) in [4.78, 5) is 0. The van der Waals surface area contributed by atoms with E-state index in [0.717, 1.165) is 18.1 Å². The highest BCUT2D eigenvalue weighted by atomic mass is 31.1. The number of ether oxygens (including phenoxy) is 1. The molecule has 1 nitrogen and oxygen atoms in total. The molecule has 5 aromatic carbocycles. The maximum Gasteiger partial charge on any atom is 0.119 e. The zero-order valence-corrected chi connectivity index (χ0v) is 18.4. The Hall–Kier alpha value is -3.15. The second-order valence-corrected chi connectivity index (χ2v) is 10.4. The van der Waals surface area contributed by atoms with Crippen LogP contribution in [-0.4, -0.2) is 7.11 Å². The summed E-state index contributed by atoms with van der Waals surface area (Å²) in [5, 5.41) is 6.76. The van der Waals surface area contributed by atoms with E-state index in [0.29, 0.717) is 0 Å². The van der Waals surface area contributed by atoms with Crippen LogP contribution in [0.25, 0.3) is 32.7 Å². The molecular weight excluding hydrogens is 395 g/mol. The Morgan fingerprint density at radius 1 is 0.613 bits per heavy atom. The van der Waals surface area contributed by atoms with Gasteiger partial charge in [-0.2, -0.15) is 0 Å². The number of rotatable bonds is 2. The number of hydrogen-bond acceptors (Lipinski definition) is 1.